The average Bonchev–Trinajstić information content (AvgIpc) is 3.21. The summed E-state index contributed by atoms with van der Waals surface area (Å²) in [7, 11) is 1.73. The molecule has 2 aliphatic rings. The third-order valence-electron chi connectivity index (χ3n) is 7.89. The molecule has 4 aromatic rings. The van der Waals surface area contributed by atoms with Gasteiger partial charge in [0.15, 0.2) is 17.5 Å². The molecule has 9 nitrogen and oxygen atoms in total. The Morgan fingerprint density at radius 2 is 1.85 bits per heavy atom. The maximum Gasteiger partial charge on any atom is 0.272 e. The van der Waals surface area contributed by atoms with Gasteiger partial charge in [-0.1, -0.05) is 6.92 Å². The predicted molar refractivity (Wildman–Crippen MR) is 143 cm³/mol. The van der Waals surface area contributed by atoms with Crippen molar-refractivity contribution in [3.05, 3.63) is 77.8 Å². The molecule has 4 heterocycles. The molecule has 1 amide bonds. The maximum absolute atomic E-state index is 14.0. The Hall–Kier alpha value is -4.25. The molecule has 1 aromatic carbocycles. The molecule has 0 radical (unpaired) electrons. The number of hydrogen-bond acceptors (Lipinski definition) is 7. The van der Waals surface area contributed by atoms with Gasteiger partial charge in [0.1, 0.15) is 17.5 Å². The van der Waals surface area contributed by atoms with Gasteiger partial charge in [0.2, 0.25) is 5.88 Å². The molecule has 1 saturated carbocycles. The average molecular weight is 546 g/mol. The summed E-state index contributed by atoms with van der Waals surface area (Å²) in [5, 5.41) is 4.42. The van der Waals surface area contributed by atoms with Crippen LogP contribution in [0, 0.1) is 23.0 Å². The van der Waals surface area contributed by atoms with Crippen molar-refractivity contribution in [2.24, 2.45) is 24.1 Å². The number of carbonyl (C=O) groups excluding carboxylic acids is 1. The number of fused-ring (bicyclic) bond motifs is 1. The van der Waals surface area contributed by atoms with Crippen LogP contribution < -0.4 is 10.5 Å². The zero-order valence-corrected chi connectivity index (χ0v) is 22.6. The Morgan fingerprint density at radius 3 is 2.50 bits per heavy atom. The predicted octanol–water partition coefficient (Wildman–Crippen LogP) is 3.95. The minimum Gasteiger partial charge on any atom is -0.473 e. The number of pyridine rings is 1. The van der Waals surface area contributed by atoms with Crippen molar-refractivity contribution in [3.63, 3.8) is 0 Å². The first-order valence-electron chi connectivity index (χ1n) is 13.0. The lowest BCUT2D eigenvalue weighted by Gasteiger charge is -2.24. The molecule has 3 atom stereocenters. The zero-order valence-electron chi connectivity index (χ0n) is 22.6. The number of halogens is 2. The van der Waals surface area contributed by atoms with Gasteiger partial charge in [0.25, 0.3) is 5.91 Å². The van der Waals surface area contributed by atoms with Crippen molar-refractivity contribution in [2.45, 2.75) is 32.4 Å². The second kappa shape index (κ2) is 9.16. The molecule has 3 aromatic heterocycles. The number of aryl methyl sites for hydroxylation is 1. The normalized spacial score (nSPS) is 21.8. The molecule has 1 aliphatic carbocycles. The Labute approximate surface area is 230 Å². The van der Waals surface area contributed by atoms with Crippen molar-refractivity contribution in [1.82, 2.24) is 29.6 Å². The smallest absolute Gasteiger partial charge is 0.272 e. The molecule has 0 spiro atoms. The third-order valence-corrected chi connectivity index (χ3v) is 7.89. The Kier molecular flexibility index (Phi) is 5.95. The topological polar surface area (TPSA) is 112 Å². The van der Waals surface area contributed by atoms with E-state index in [2.05, 4.69) is 27.0 Å². The van der Waals surface area contributed by atoms with Crippen LogP contribution in [-0.2, 0) is 12.6 Å². The fourth-order valence-corrected chi connectivity index (χ4v) is 5.45. The lowest BCUT2D eigenvalue weighted by molar-refractivity contribution is 0.0721. The molecule has 2 fully saturated rings. The van der Waals surface area contributed by atoms with Gasteiger partial charge in [0.05, 0.1) is 5.69 Å². The highest BCUT2D eigenvalue weighted by atomic mass is 19.2. The summed E-state index contributed by atoms with van der Waals surface area (Å²) < 4.78 is 35.4. The van der Waals surface area contributed by atoms with Crippen LogP contribution in [0.3, 0.4) is 0 Å². The number of piperidine rings is 1. The molecular weight excluding hydrogens is 516 g/mol. The lowest BCUT2D eigenvalue weighted by atomic mass is 9.95. The molecule has 0 unspecified atom stereocenters. The fourth-order valence-electron chi connectivity index (χ4n) is 5.45. The molecule has 11 heteroatoms. The van der Waals surface area contributed by atoms with Crippen molar-refractivity contribution < 1.29 is 18.3 Å². The van der Waals surface area contributed by atoms with Crippen LogP contribution in [0.25, 0.3) is 22.8 Å². The minimum absolute atomic E-state index is 0.115. The van der Waals surface area contributed by atoms with E-state index < -0.39 is 17.2 Å². The molecule has 1 saturated heterocycles. The van der Waals surface area contributed by atoms with Gasteiger partial charge in [-0.2, -0.15) is 5.10 Å². The Balaban J connectivity index is 1.20. The first-order valence-corrected chi connectivity index (χ1v) is 13.0. The van der Waals surface area contributed by atoms with E-state index in [1.807, 2.05) is 18.7 Å². The van der Waals surface area contributed by atoms with E-state index in [0.29, 0.717) is 47.4 Å². The molecular formula is C29H29F2N7O2. The van der Waals surface area contributed by atoms with E-state index in [4.69, 9.17) is 10.5 Å². The summed E-state index contributed by atoms with van der Waals surface area (Å²) in [4.78, 5) is 28.2. The number of nitrogens with zero attached hydrogens (tertiary/aromatic N) is 6. The highest BCUT2D eigenvalue weighted by Crippen LogP contribution is 2.59. The van der Waals surface area contributed by atoms with Crippen LogP contribution in [0.5, 0.6) is 5.88 Å². The van der Waals surface area contributed by atoms with Crippen LogP contribution in [0.4, 0.5) is 8.78 Å². The summed E-state index contributed by atoms with van der Waals surface area (Å²) in [6, 6.07) is 10.6. The third kappa shape index (κ3) is 4.49. The number of rotatable bonds is 6. The molecule has 206 valence electrons. The monoisotopic (exact) mass is 545 g/mol. The SMILES string of the molecule is Cn1nc(-c2ncccn2)cc1C(=O)N1C[C@H]2[C@H](Oc3cc(C(C)(C)N)cc(-c4ccc(F)c(F)c4)n3)[C@@]2(C)C1. The summed E-state index contributed by atoms with van der Waals surface area (Å²) in [6.07, 6.45) is 3.11. The summed E-state index contributed by atoms with van der Waals surface area (Å²) >= 11 is 0. The largest absolute Gasteiger partial charge is 0.473 e. The number of ether oxygens (including phenoxy) is 1. The standard InChI is InChI=1S/C29H29F2N7O2/c1-28(2,32)17-11-21(16-6-7-19(30)20(31)10-16)35-24(12-17)40-25-18-14-38(15-29(18,25)3)27(39)23-13-22(36-37(23)4)26-33-8-5-9-34-26/h5-13,18,25H,14-15,32H2,1-4H3/t18-,25-,29-/m0/s1. The van der Waals surface area contributed by atoms with Crippen LogP contribution in [0.15, 0.2) is 54.9 Å². The highest BCUT2D eigenvalue weighted by Gasteiger charge is 2.69. The van der Waals surface area contributed by atoms with E-state index in [9.17, 15) is 13.6 Å². The first-order chi connectivity index (χ1) is 18.9. The molecule has 6 rings (SSSR count). The van der Waals surface area contributed by atoms with Crippen molar-refractivity contribution in [1.29, 1.82) is 0 Å². The van der Waals surface area contributed by atoms with E-state index in [0.717, 1.165) is 17.7 Å². The number of aromatic nitrogens is 5. The van der Waals surface area contributed by atoms with Crippen LogP contribution in [0.2, 0.25) is 0 Å². The van der Waals surface area contributed by atoms with E-state index in [1.54, 1.807) is 48.4 Å². The summed E-state index contributed by atoms with van der Waals surface area (Å²) in [5.41, 5.74) is 8.01. The van der Waals surface area contributed by atoms with Gasteiger partial charge in [-0.15, -0.1) is 0 Å². The zero-order chi connectivity index (χ0) is 28.4. The number of benzene rings is 1. The minimum atomic E-state index is -0.954. The molecule has 2 N–H and O–H groups in total. The summed E-state index contributed by atoms with van der Waals surface area (Å²) in [5.74, 6) is -1.07. The van der Waals surface area contributed by atoms with E-state index in [-0.39, 0.29) is 23.3 Å². The Bertz CT molecular complexity index is 1620. The van der Waals surface area contributed by atoms with Crippen LogP contribution in [-0.4, -0.2) is 54.7 Å². The second-order valence-electron chi connectivity index (χ2n) is 11.4. The highest BCUT2D eigenvalue weighted by molar-refractivity contribution is 5.94. The van der Waals surface area contributed by atoms with Gasteiger partial charge in [-0.3, -0.25) is 9.48 Å². The van der Waals surface area contributed by atoms with Crippen molar-refractivity contribution in [2.75, 3.05) is 13.1 Å². The maximum atomic E-state index is 14.0. The molecule has 0 bridgehead atoms. The summed E-state index contributed by atoms with van der Waals surface area (Å²) in [6.45, 7) is 6.84. The van der Waals surface area contributed by atoms with Gasteiger partial charge >= 0.3 is 0 Å². The van der Waals surface area contributed by atoms with Crippen LogP contribution in [0.1, 0.15) is 36.8 Å². The fraction of sp³-hybridized carbons (Fsp3) is 0.345. The molecule has 1 aliphatic heterocycles. The quantitative estimate of drug-likeness (QED) is 0.391. The van der Waals surface area contributed by atoms with E-state index >= 15 is 0 Å². The van der Waals surface area contributed by atoms with Gasteiger partial charge in [0, 0.05) is 67.1 Å². The van der Waals surface area contributed by atoms with Gasteiger partial charge in [-0.25, -0.2) is 23.7 Å². The number of carbonyl (C=O) groups is 1. The van der Waals surface area contributed by atoms with Gasteiger partial charge in [-0.05, 0) is 49.7 Å². The first kappa shape index (κ1) is 26.0. The number of amides is 1. The number of hydrogen-bond donors (Lipinski definition) is 1. The van der Waals surface area contributed by atoms with Crippen LogP contribution >= 0.6 is 0 Å². The Morgan fingerprint density at radius 1 is 1.10 bits per heavy atom. The van der Waals surface area contributed by atoms with Crippen molar-refractivity contribution in [3.8, 4) is 28.7 Å². The molecule has 40 heavy (non-hydrogen) atoms. The van der Waals surface area contributed by atoms with E-state index in [1.165, 1.54) is 6.07 Å². The number of likely N-dealkylation sites (tertiary alicyclic amines) is 1. The lowest BCUT2D eigenvalue weighted by Crippen LogP contribution is -2.36. The van der Waals surface area contributed by atoms with Gasteiger partial charge < -0.3 is 15.4 Å². The van der Waals surface area contributed by atoms with Crippen molar-refractivity contribution >= 4 is 5.91 Å². The number of nitrogens with two attached hydrogens (primary N) is 1. The second-order valence-corrected chi connectivity index (χ2v) is 11.4.